The Hall–Kier alpha value is -2.10. The van der Waals surface area contributed by atoms with Crippen LogP contribution < -0.4 is 11.1 Å². The highest BCUT2D eigenvalue weighted by Crippen LogP contribution is 1.99. The van der Waals surface area contributed by atoms with E-state index in [1.165, 1.54) is 0 Å². The molecule has 0 aromatic rings. The fraction of sp³-hybridized carbons (Fsp3) is 0.966. The largest absolute Gasteiger partial charge is 0.480 e. The minimum absolute atomic E-state index is 0.113. The molecule has 0 radical (unpaired) electrons. The van der Waals surface area contributed by atoms with Gasteiger partial charge in [0.25, 0.3) is 0 Å². The number of unbranched alkanes of at least 4 members (excludes halogenated alkanes) is 1. The first-order valence-corrected chi connectivity index (χ1v) is 31.2. The lowest BCUT2D eigenvalue weighted by Crippen LogP contribution is -2.30. The van der Waals surface area contributed by atoms with Crippen molar-refractivity contribution < 1.29 is 133 Å². The van der Waals surface area contributed by atoms with Crippen molar-refractivity contribution in [3.63, 3.8) is 0 Å². The summed E-state index contributed by atoms with van der Waals surface area (Å²) in [6.07, 6.45) is 1.94. The highest BCUT2D eigenvalue weighted by Gasteiger charge is 2.10. The second-order valence-electron chi connectivity index (χ2n) is 18.2. The van der Waals surface area contributed by atoms with Gasteiger partial charge in [0.1, 0.15) is 6.04 Å². The summed E-state index contributed by atoms with van der Waals surface area (Å²) in [5, 5.41) is 11.5. The summed E-state index contributed by atoms with van der Waals surface area (Å²) in [6, 6.07) is -0.860. The molecule has 30 nitrogen and oxygen atoms in total. The Kier molecular flexibility index (Phi) is 77.3. The second-order valence-corrected chi connectivity index (χ2v) is 18.2. The van der Waals surface area contributed by atoms with Crippen LogP contribution in [0.25, 0.3) is 0 Å². The summed E-state index contributed by atoms with van der Waals surface area (Å²) in [6.45, 7) is 23.9. The average molecular weight is 1290 g/mol. The number of ether oxygens (including phenoxy) is 25. The molecule has 30 heteroatoms. The molecular weight excluding hydrogens is 1170 g/mol. The fourth-order valence-electron chi connectivity index (χ4n) is 6.40. The van der Waals surface area contributed by atoms with Crippen molar-refractivity contribution in [1.82, 2.24) is 5.32 Å². The molecule has 0 spiro atoms. The molecule has 0 aromatic carbocycles. The molecular formula is C58H116N2O28. The lowest BCUT2D eigenvalue weighted by atomic mass is 10.1. The smallest absolute Gasteiger partial charge is 0.320 e. The van der Waals surface area contributed by atoms with E-state index >= 15 is 0 Å². The SMILES string of the molecule is COCCOCCOCCOCCOCCOCCOCCOCCOCCOCCOCCOCCOCCOCCOCCOCCOCCOCCOCCOCCOCCOCCOCCOCCOCCC(=O)NCCCC[C@H](N)C(=O)O. The average Bonchev–Trinajstić information content (AvgIpc) is 3.53. The van der Waals surface area contributed by atoms with Gasteiger partial charge in [0, 0.05) is 20.1 Å². The molecule has 0 aliphatic rings. The Morgan fingerprint density at radius 1 is 0.273 bits per heavy atom. The lowest BCUT2D eigenvalue weighted by Gasteiger charge is -2.09. The number of nitrogens with two attached hydrogens (primary N) is 1. The quantitative estimate of drug-likeness (QED) is 0.0681. The van der Waals surface area contributed by atoms with Gasteiger partial charge in [-0.15, -0.1) is 0 Å². The van der Waals surface area contributed by atoms with Crippen molar-refractivity contribution in [3.8, 4) is 0 Å². The number of carboxylic acid groups (broad SMARTS) is 1. The molecule has 88 heavy (non-hydrogen) atoms. The van der Waals surface area contributed by atoms with Gasteiger partial charge in [-0.2, -0.15) is 0 Å². The van der Waals surface area contributed by atoms with Crippen LogP contribution in [0.5, 0.6) is 0 Å². The number of carboxylic acids is 1. The first-order chi connectivity index (χ1) is 43.6. The first kappa shape index (κ1) is 85.9. The number of nitrogens with one attached hydrogen (secondary N) is 1. The van der Waals surface area contributed by atoms with Crippen molar-refractivity contribution in [3.05, 3.63) is 0 Å². The molecule has 0 aliphatic carbocycles. The monoisotopic (exact) mass is 1290 g/mol. The van der Waals surface area contributed by atoms with E-state index in [4.69, 9.17) is 129 Å². The molecule has 0 saturated carbocycles. The van der Waals surface area contributed by atoms with Crippen LogP contribution >= 0.6 is 0 Å². The van der Waals surface area contributed by atoms with E-state index < -0.39 is 12.0 Å². The Morgan fingerprint density at radius 2 is 0.432 bits per heavy atom. The summed E-state index contributed by atoms with van der Waals surface area (Å²) in [7, 11) is 1.64. The maximum atomic E-state index is 11.8. The topological polar surface area (TPSA) is 323 Å². The summed E-state index contributed by atoms with van der Waals surface area (Å²) in [5.74, 6) is -1.13. The van der Waals surface area contributed by atoms with E-state index in [-0.39, 0.29) is 12.3 Å². The van der Waals surface area contributed by atoms with Gasteiger partial charge in [-0.05, 0) is 19.3 Å². The summed E-state index contributed by atoms with van der Waals surface area (Å²) < 4.78 is 137. The second kappa shape index (κ2) is 79.1. The standard InChI is InChI=1S/C58H116N2O28/c1-64-8-9-66-12-13-68-16-17-70-20-21-72-24-25-74-28-29-76-32-33-78-36-37-80-40-41-82-44-45-84-48-49-86-52-53-88-55-54-87-51-50-85-47-46-83-43-42-81-39-38-79-35-34-77-31-30-75-27-26-73-23-22-71-19-18-69-15-14-67-11-10-65-7-5-57(61)60-6-3-2-4-56(59)58(62)63/h56H,2-55,59H2,1H3,(H,60,61)(H,62,63)/t56-/m0/s1. The van der Waals surface area contributed by atoms with E-state index in [1.807, 2.05) is 0 Å². The minimum Gasteiger partial charge on any atom is -0.480 e. The number of methoxy groups -OCH3 is 1. The van der Waals surface area contributed by atoms with Gasteiger partial charge < -0.3 is 135 Å². The van der Waals surface area contributed by atoms with Crippen LogP contribution in [-0.4, -0.2) is 360 Å². The zero-order valence-electron chi connectivity index (χ0n) is 53.3. The molecule has 526 valence electrons. The van der Waals surface area contributed by atoms with E-state index in [0.29, 0.717) is 350 Å². The zero-order valence-corrected chi connectivity index (χ0v) is 53.3. The third-order valence-corrected chi connectivity index (χ3v) is 11.0. The van der Waals surface area contributed by atoms with Gasteiger partial charge in [0.15, 0.2) is 0 Å². The molecule has 0 saturated heterocycles. The van der Waals surface area contributed by atoms with Crippen LogP contribution in [0.3, 0.4) is 0 Å². The molecule has 0 rings (SSSR count). The maximum Gasteiger partial charge on any atom is 0.320 e. The molecule has 4 N–H and O–H groups in total. The van der Waals surface area contributed by atoms with Crippen molar-refractivity contribution in [2.75, 3.05) is 337 Å². The highest BCUT2D eigenvalue weighted by atomic mass is 16.6. The molecule has 0 bridgehead atoms. The maximum absolute atomic E-state index is 11.8. The number of aliphatic carboxylic acids is 1. The van der Waals surface area contributed by atoms with Gasteiger partial charge in [0.2, 0.25) is 5.91 Å². The third kappa shape index (κ3) is 78.1. The number of hydrogen-bond donors (Lipinski definition) is 3. The van der Waals surface area contributed by atoms with Crippen LogP contribution in [0.1, 0.15) is 25.7 Å². The molecule has 1 atom stereocenters. The molecule has 0 fully saturated rings. The first-order valence-electron chi connectivity index (χ1n) is 31.2. The number of hydrogen-bond acceptors (Lipinski definition) is 28. The van der Waals surface area contributed by atoms with E-state index in [0.717, 1.165) is 0 Å². The molecule has 0 aromatic heterocycles. The van der Waals surface area contributed by atoms with Gasteiger partial charge in [-0.1, -0.05) is 0 Å². The predicted octanol–water partition coefficient (Wildman–Crippen LogP) is 0.120. The van der Waals surface area contributed by atoms with Crippen LogP contribution in [-0.2, 0) is 128 Å². The van der Waals surface area contributed by atoms with Crippen molar-refractivity contribution >= 4 is 11.9 Å². The summed E-state index contributed by atoms with van der Waals surface area (Å²) >= 11 is 0. The van der Waals surface area contributed by atoms with Crippen LogP contribution in [0.15, 0.2) is 0 Å². The molecule has 0 unspecified atom stereocenters. The summed E-state index contributed by atoms with van der Waals surface area (Å²) in [4.78, 5) is 22.5. The summed E-state index contributed by atoms with van der Waals surface area (Å²) in [5.41, 5.74) is 5.45. The normalized spacial score (nSPS) is 12.0. The van der Waals surface area contributed by atoms with Crippen LogP contribution in [0, 0.1) is 0 Å². The van der Waals surface area contributed by atoms with E-state index in [9.17, 15) is 9.59 Å². The predicted molar refractivity (Wildman–Crippen MR) is 319 cm³/mol. The minimum atomic E-state index is -1.01. The van der Waals surface area contributed by atoms with Gasteiger partial charge in [-0.3, -0.25) is 9.59 Å². The van der Waals surface area contributed by atoms with Crippen LogP contribution in [0.2, 0.25) is 0 Å². The molecule has 0 heterocycles. The van der Waals surface area contributed by atoms with Crippen molar-refractivity contribution in [1.29, 1.82) is 0 Å². The van der Waals surface area contributed by atoms with E-state index in [2.05, 4.69) is 5.32 Å². The number of carbonyl (C=O) groups is 2. The lowest BCUT2D eigenvalue weighted by molar-refractivity contribution is -0.138. The van der Waals surface area contributed by atoms with Gasteiger partial charge >= 0.3 is 5.97 Å². The Balaban J connectivity index is 3.11. The zero-order chi connectivity index (χ0) is 63.3. The Labute approximate surface area is 523 Å². The van der Waals surface area contributed by atoms with E-state index in [1.54, 1.807) is 7.11 Å². The Morgan fingerprint density at radius 3 is 0.591 bits per heavy atom. The van der Waals surface area contributed by atoms with Gasteiger partial charge in [0.05, 0.1) is 324 Å². The molecule has 1 amide bonds. The molecule has 0 aliphatic heterocycles. The number of rotatable bonds is 81. The highest BCUT2D eigenvalue weighted by molar-refractivity contribution is 5.75. The number of amides is 1. The van der Waals surface area contributed by atoms with Crippen molar-refractivity contribution in [2.24, 2.45) is 5.73 Å². The van der Waals surface area contributed by atoms with Crippen LogP contribution in [0.4, 0.5) is 0 Å². The fourth-order valence-corrected chi connectivity index (χ4v) is 6.40. The van der Waals surface area contributed by atoms with Crippen molar-refractivity contribution in [2.45, 2.75) is 31.7 Å². The van der Waals surface area contributed by atoms with Gasteiger partial charge in [-0.25, -0.2) is 0 Å². The Bertz CT molecular complexity index is 1330. The third-order valence-electron chi connectivity index (χ3n) is 11.0. The number of carbonyl (C=O) groups excluding carboxylic acids is 1.